The van der Waals surface area contributed by atoms with E-state index in [2.05, 4.69) is 79.9 Å². The highest BCUT2D eigenvalue weighted by atomic mass is 16.7. The molecule has 0 aromatic carbocycles. The zero-order valence-electron chi connectivity index (χ0n) is 47.9. The Labute approximate surface area is 466 Å². The first kappa shape index (κ1) is 70.5. The number of aliphatic hydroxyl groups excluding tert-OH is 8. The van der Waals surface area contributed by atoms with Gasteiger partial charge in [-0.15, -0.1) is 0 Å². The smallest absolute Gasteiger partial charge is 0.220 e. The quantitative estimate of drug-likeness (QED) is 0.0204. The molecule has 2 aliphatic rings. The van der Waals surface area contributed by atoms with Gasteiger partial charge in [-0.05, 0) is 77.0 Å². The lowest BCUT2D eigenvalue weighted by Gasteiger charge is -2.46. The highest BCUT2D eigenvalue weighted by Crippen LogP contribution is 2.30. The number of carbonyl (C=O) groups excluding carboxylic acids is 1. The van der Waals surface area contributed by atoms with Crippen LogP contribution in [-0.2, 0) is 23.7 Å². The second-order valence-corrected chi connectivity index (χ2v) is 21.4. The molecule has 2 aliphatic heterocycles. The molecular weight excluding hydrogens is 979 g/mol. The topological polar surface area (TPSA) is 228 Å². The van der Waals surface area contributed by atoms with Gasteiger partial charge in [-0.1, -0.05) is 215 Å². The zero-order valence-corrected chi connectivity index (χ0v) is 47.9. The van der Waals surface area contributed by atoms with E-state index >= 15 is 0 Å². The zero-order chi connectivity index (χ0) is 56.0. The van der Waals surface area contributed by atoms with Crippen molar-refractivity contribution in [3.05, 3.63) is 72.9 Å². The van der Waals surface area contributed by atoms with Gasteiger partial charge in [-0.2, -0.15) is 0 Å². The van der Waals surface area contributed by atoms with Crippen molar-refractivity contribution in [3.8, 4) is 0 Å². The van der Waals surface area contributed by atoms with Crippen LogP contribution in [-0.4, -0.2) is 140 Å². The monoisotopic (exact) mass is 1090 g/mol. The van der Waals surface area contributed by atoms with Crippen LogP contribution in [0, 0.1) is 0 Å². The van der Waals surface area contributed by atoms with E-state index < -0.39 is 86.8 Å². The van der Waals surface area contributed by atoms with Crippen molar-refractivity contribution in [2.75, 3.05) is 19.8 Å². The van der Waals surface area contributed by atoms with Crippen molar-refractivity contribution in [2.24, 2.45) is 0 Å². The average molecular weight is 1090 g/mol. The summed E-state index contributed by atoms with van der Waals surface area (Å²) in [6.45, 7) is 2.65. The van der Waals surface area contributed by atoms with Gasteiger partial charge in [0, 0.05) is 6.42 Å². The highest BCUT2D eigenvalue weighted by Gasteiger charge is 2.51. The Morgan fingerprint density at radius 3 is 1.43 bits per heavy atom. The predicted molar refractivity (Wildman–Crippen MR) is 309 cm³/mol. The fraction of sp³-hybridized carbons (Fsp3) is 0.794. The molecule has 2 saturated heterocycles. The molecule has 2 heterocycles. The number of aliphatic hydroxyl groups is 8. The third-order valence-corrected chi connectivity index (χ3v) is 14.6. The van der Waals surface area contributed by atoms with Crippen molar-refractivity contribution in [2.45, 2.75) is 299 Å². The predicted octanol–water partition coefficient (Wildman–Crippen LogP) is 10.7. The molecule has 12 unspecified atom stereocenters. The summed E-state index contributed by atoms with van der Waals surface area (Å²) in [6, 6.07) is -0.951. The van der Waals surface area contributed by atoms with Crippen molar-refractivity contribution >= 4 is 5.91 Å². The summed E-state index contributed by atoms with van der Waals surface area (Å²) in [7, 11) is 0. The van der Waals surface area contributed by atoms with E-state index in [0.29, 0.717) is 12.8 Å². The van der Waals surface area contributed by atoms with Gasteiger partial charge in [0.25, 0.3) is 0 Å². The van der Waals surface area contributed by atoms with Gasteiger partial charge in [0.2, 0.25) is 5.91 Å². The molecule has 0 aromatic heterocycles. The summed E-state index contributed by atoms with van der Waals surface area (Å²) >= 11 is 0. The van der Waals surface area contributed by atoms with E-state index in [1.54, 1.807) is 6.08 Å². The van der Waals surface area contributed by atoms with Crippen LogP contribution in [0.2, 0.25) is 0 Å². The first-order valence-electron chi connectivity index (χ1n) is 30.7. The number of nitrogens with one attached hydrogen (secondary N) is 1. The maximum absolute atomic E-state index is 13.2. The Balaban J connectivity index is 1.76. The largest absolute Gasteiger partial charge is 0.394 e. The fourth-order valence-electron chi connectivity index (χ4n) is 9.69. The molecule has 1 amide bonds. The second kappa shape index (κ2) is 48.2. The van der Waals surface area contributed by atoms with Gasteiger partial charge in [-0.25, -0.2) is 0 Å². The Bertz CT molecular complexity index is 1570. The molecule has 2 fully saturated rings. The molecule has 14 heteroatoms. The number of amides is 1. The fourth-order valence-corrected chi connectivity index (χ4v) is 9.69. The molecular formula is C63H111NO13. The van der Waals surface area contributed by atoms with Crippen LogP contribution in [0.3, 0.4) is 0 Å². The molecule has 0 saturated carbocycles. The number of allylic oxidation sites excluding steroid dienone is 11. The Morgan fingerprint density at radius 1 is 0.481 bits per heavy atom. The molecule has 12 atom stereocenters. The molecule has 0 bridgehead atoms. The molecule has 0 radical (unpaired) electrons. The minimum absolute atomic E-state index is 0.247. The number of ether oxygens (including phenoxy) is 4. The van der Waals surface area contributed by atoms with Gasteiger partial charge in [0.15, 0.2) is 12.6 Å². The van der Waals surface area contributed by atoms with Crippen LogP contribution in [0.1, 0.15) is 226 Å². The Kier molecular flexibility index (Phi) is 44.1. The van der Waals surface area contributed by atoms with Crippen LogP contribution in [0.25, 0.3) is 0 Å². The van der Waals surface area contributed by atoms with E-state index in [-0.39, 0.29) is 18.9 Å². The molecule has 446 valence electrons. The highest BCUT2D eigenvalue weighted by molar-refractivity contribution is 5.76. The van der Waals surface area contributed by atoms with Crippen molar-refractivity contribution in [1.29, 1.82) is 0 Å². The molecule has 2 rings (SSSR count). The summed E-state index contributed by atoms with van der Waals surface area (Å²) in [5, 5.41) is 87.0. The minimum Gasteiger partial charge on any atom is -0.394 e. The number of rotatable bonds is 48. The summed E-state index contributed by atoms with van der Waals surface area (Å²) in [4.78, 5) is 13.2. The van der Waals surface area contributed by atoms with E-state index in [1.807, 2.05) is 6.08 Å². The van der Waals surface area contributed by atoms with Gasteiger partial charge in [0.1, 0.15) is 48.8 Å². The first-order chi connectivity index (χ1) is 37.6. The van der Waals surface area contributed by atoms with E-state index in [9.17, 15) is 45.6 Å². The number of hydrogen-bond donors (Lipinski definition) is 9. The summed E-state index contributed by atoms with van der Waals surface area (Å²) in [6.07, 6.45) is 46.8. The van der Waals surface area contributed by atoms with Gasteiger partial charge in [-0.3, -0.25) is 4.79 Å². The SMILES string of the molecule is CC/C=C\C/C=C\C/C=C\CCCCCCCC(=O)NC(COC1OC(CO)C(OC2OC(CO)C(O)C(O)C2O)C(O)C1O)C(O)/C=C/CC/C=C/CC/C=C/CCCCCCCCCCCCCCCCCCCC. The average Bonchev–Trinajstić information content (AvgIpc) is 3.44. The molecule has 77 heavy (non-hydrogen) atoms. The summed E-state index contributed by atoms with van der Waals surface area (Å²) < 4.78 is 22.7. The molecule has 0 spiro atoms. The lowest BCUT2D eigenvalue weighted by Crippen LogP contribution is -2.65. The van der Waals surface area contributed by atoms with Crippen LogP contribution in [0.5, 0.6) is 0 Å². The number of hydrogen-bond acceptors (Lipinski definition) is 13. The van der Waals surface area contributed by atoms with Crippen LogP contribution < -0.4 is 5.32 Å². The van der Waals surface area contributed by atoms with Gasteiger partial charge < -0.3 is 65.1 Å². The summed E-state index contributed by atoms with van der Waals surface area (Å²) in [5.41, 5.74) is 0. The number of carbonyl (C=O) groups is 1. The van der Waals surface area contributed by atoms with E-state index in [1.165, 1.54) is 116 Å². The molecule has 9 N–H and O–H groups in total. The summed E-state index contributed by atoms with van der Waals surface area (Å²) in [5.74, 6) is -0.272. The Morgan fingerprint density at radius 2 is 0.909 bits per heavy atom. The van der Waals surface area contributed by atoms with Crippen LogP contribution >= 0.6 is 0 Å². The van der Waals surface area contributed by atoms with E-state index in [4.69, 9.17) is 18.9 Å². The third-order valence-electron chi connectivity index (χ3n) is 14.6. The van der Waals surface area contributed by atoms with E-state index in [0.717, 1.165) is 77.0 Å². The van der Waals surface area contributed by atoms with Crippen molar-refractivity contribution < 1.29 is 64.6 Å². The molecule has 0 aliphatic carbocycles. The lowest BCUT2D eigenvalue weighted by atomic mass is 9.97. The van der Waals surface area contributed by atoms with Gasteiger partial charge in [0.05, 0.1) is 32.0 Å². The molecule has 14 nitrogen and oxygen atoms in total. The lowest BCUT2D eigenvalue weighted by molar-refractivity contribution is -0.359. The van der Waals surface area contributed by atoms with Crippen molar-refractivity contribution in [3.63, 3.8) is 0 Å². The maximum Gasteiger partial charge on any atom is 0.220 e. The molecule has 0 aromatic rings. The number of unbranched alkanes of at least 4 members (excludes halogenated alkanes) is 25. The normalized spacial score (nSPS) is 25.2. The first-order valence-corrected chi connectivity index (χ1v) is 30.7. The van der Waals surface area contributed by atoms with Crippen molar-refractivity contribution in [1.82, 2.24) is 5.32 Å². The van der Waals surface area contributed by atoms with Gasteiger partial charge >= 0.3 is 0 Å². The van der Waals surface area contributed by atoms with Crippen LogP contribution in [0.4, 0.5) is 0 Å². The van der Waals surface area contributed by atoms with Crippen LogP contribution in [0.15, 0.2) is 72.9 Å². The Hall–Kier alpha value is -2.57. The minimum atomic E-state index is -1.80. The standard InChI is InChI=1S/C63H111NO13/c1-3-5-7-9-11-13-15-17-19-20-21-22-23-24-25-26-27-28-29-30-31-33-34-36-38-40-42-44-46-52(67)51(64-55(68)47-45-43-41-39-37-35-32-18-16-14-12-10-8-6-4-2)50-74-62-60(73)58(71)61(54(49-66)76-62)77-63-59(72)57(70)56(69)53(48-65)75-63/h6,8,12,14,18,30-32,36,38,44,46,51-54,56-63,65-67,69-73H,3-5,7,9-11,13,15-17,19-29,33-35,37,39-43,45,47-50H2,1-2H3,(H,64,68)/b8-6-,14-12-,31-30+,32-18-,38-36+,46-44+. The third kappa shape index (κ3) is 33.7. The maximum atomic E-state index is 13.2. The second-order valence-electron chi connectivity index (χ2n) is 21.4.